The molecule has 0 aromatic heterocycles. The Kier molecular flexibility index (Phi) is 4.79. The molecule has 1 saturated carbocycles. The summed E-state index contributed by atoms with van der Waals surface area (Å²) in [5, 5.41) is 13.7. The molecule has 1 aromatic carbocycles. The molecule has 1 aliphatic rings. The van der Waals surface area contributed by atoms with Gasteiger partial charge < -0.3 is 10.4 Å². The first-order chi connectivity index (χ1) is 8.72. The zero-order valence-electron chi connectivity index (χ0n) is 11.4. The monoisotopic (exact) mass is 247 g/mol. The lowest BCUT2D eigenvalue weighted by molar-refractivity contribution is -0.0333. The smallest absolute Gasteiger partial charge is 0.0771 e. The highest BCUT2D eigenvalue weighted by molar-refractivity contribution is 5.15. The first-order valence-corrected chi connectivity index (χ1v) is 7.21. The molecule has 1 atom stereocenters. The molecular weight excluding hydrogens is 222 g/mol. The van der Waals surface area contributed by atoms with Crippen LogP contribution in [0.1, 0.15) is 44.6 Å². The largest absolute Gasteiger partial charge is 0.389 e. The first kappa shape index (κ1) is 13.6. The van der Waals surface area contributed by atoms with Gasteiger partial charge in [-0.3, -0.25) is 0 Å². The minimum atomic E-state index is -0.414. The van der Waals surface area contributed by atoms with Crippen molar-refractivity contribution < 1.29 is 5.11 Å². The van der Waals surface area contributed by atoms with E-state index in [9.17, 15) is 5.11 Å². The molecule has 1 fully saturated rings. The molecule has 0 bridgehead atoms. The highest BCUT2D eigenvalue weighted by Crippen LogP contribution is 2.30. The number of rotatable bonds is 7. The van der Waals surface area contributed by atoms with Crippen LogP contribution in [0.25, 0.3) is 0 Å². The van der Waals surface area contributed by atoms with Crippen molar-refractivity contribution in [2.75, 3.05) is 6.54 Å². The third-order valence-electron chi connectivity index (χ3n) is 3.97. The second kappa shape index (κ2) is 6.35. The second-order valence-electron chi connectivity index (χ2n) is 5.63. The van der Waals surface area contributed by atoms with E-state index < -0.39 is 5.60 Å². The standard InChI is InChI=1S/C16H25NO/c1-2-7-15(12-14-8-4-3-5-9-14)17-13-16(18)10-6-11-16/h3-5,8-9,15,17-18H,2,6-7,10-13H2,1H3. The maximum atomic E-state index is 10.1. The van der Waals surface area contributed by atoms with Crippen molar-refractivity contribution in [1.29, 1.82) is 0 Å². The molecular formula is C16H25NO. The predicted octanol–water partition coefficient (Wildman–Crippen LogP) is 2.90. The Hall–Kier alpha value is -0.860. The Labute approximate surface area is 110 Å². The molecule has 1 unspecified atom stereocenters. The molecule has 1 aromatic rings. The summed E-state index contributed by atoms with van der Waals surface area (Å²) in [4.78, 5) is 0. The number of hydrogen-bond donors (Lipinski definition) is 2. The first-order valence-electron chi connectivity index (χ1n) is 7.21. The minimum Gasteiger partial charge on any atom is -0.389 e. The van der Waals surface area contributed by atoms with Crippen LogP contribution in [0, 0.1) is 0 Å². The van der Waals surface area contributed by atoms with Crippen molar-refractivity contribution in [2.24, 2.45) is 0 Å². The van der Waals surface area contributed by atoms with Crippen LogP contribution in [0.5, 0.6) is 0 Å². The van der Waals surface area contributed by atoms with E-state index in [4.69, 9.17) is 0 Å². The predicted molar refractivity (Wildman–Crippen MR) is 75.6 cm³/mol. The van der Waals surface area contributed by atoms with Crippen molar-refractivity contribution >= 4 is 0 Å². The molecule has 0 saturated heterocycles. The van der Waals surface area contributed by atoms with Gasteiger partial charge in [-0.1, -0.05) is 43.7 Å². The quantitative estimate of drug-likeness (QED) is 0.776. The van der Waals surface area contributed by atoms with Gasteiger partial charge in [0.25, 0.3) is 0 Å². The lowest BCUT2D eigenvalue weighted by atomic mass is 9.80. The minimum absolute atomic E-state index is 0.414. The van der Waals surface area contributed by atoms with E-state index in [0.717, 1.165) is 25.8 Å². The third kappa shape index (κ3) is 3.82. The van der Waals surface area contributed by atoms with Crippen LogP contribution in [0.3, 0.4) is 0 Å². The molecule has 0 heterocycles. The van der Waals surface area contributed by atoms with Gasteiger partial charge in [0, 0.05) is 12.6 Å². The lowest BCUT2D eigenvalue weighted by Crippen LogP contribution is -2.49. The van der Waals surface area contributed by atoms with E-state index >= 15 is 0 Å². The number of hydrogen-bond acceptors (Lipinski definition) is 2. The van der Waals surface area contributed by atoms with Crippen LogP contribution < -0.4 is 5.32 Å². The van der Waals surface area contributed by atoms with Crippen LogP contribution >= 0.6 is 0 Å². The van der Waals surface area contributed by atoms with Crippen LogP contribution in [-0.4, -0.2) is 23.3 Å². The van der Waals surface area contributed by atoms with E-state index in [1.165, 1.54) is 24.8 Å². The maximum absolute atomic E-state index is 10.1. The normalized spacial score (nSPS) is 19.2. The van der Waals surface area contributed by atoms with Crippen LogP contribution in [-0.2, 0) is 6.42 Å². The van der Waals surface area contributed by atoms with Gasteiger partial charge in [-0.2, -0.15) is 0 Å². The van der Waals surface area contributed by atoms with Crippen molar-refractivity contribution in [3.63, 3.8) is 0 Å². The molecule has 0 spiro atoms. The molecule has 18 heavy (non-hydrogen) atoms. The Morgan fingerprint density at radius 3 is 2.56 bits per heavy atom. The summed E-state index contributed by atoms with van der Waals surface area (Å²) in [7, 11) is 0. The zero-order chi connectivity index (χ0) is 12.8. The fourth-order valence-electron chi connectivity index (χ4n) is 2.62. The SMILES string of the molecule is CCCC(Cc1ccccc1)NCC1(O)CCC1. The molecule has 2 nitrogen and oxygen atoms in total. The molecule has 0 radical (unpaired) electrons. The molecule has 0 amide bonds. The van der Waals surface area contributed by atoms with Crippen molar-refractivity contribution in [2.45, 2.75) is 57.1 Å². The fourth-order valence-corrected chi connectivity index (χ4v) is 2.62. The van der Waals surface area contributed by atoms with Crippen LogP contribution in [0.15, 0.2) is 30.3 Å². The molecule has 2 heteroatoms. The van der Waals surface area contributed by atoms with E-state index in [2.05, 4.69) is 42.6 Å². The van der Waals surface area contributed by atoms with E-state index in [1.807, 2.05) is 0 Å². The van der Waals surface area contributed by atoms with E-state index in [0.29, 0.717) is 6.04 Å². The lowest BCUT2D eigenvalue weighted by Gasteiger charge is -2.38. The van der Waals surface area contributed by atoms with Gasteiger partial charge in [-0.25, -0.2) is 0 Å². The molecule has 2 rings (SSSR count). The zero-order valence-corrected chi connectivity index (χ0v) is 11.4. The van der Waals surface area contributed by atoms with Crippen molar-refractivity contribution in [3.05, 3.63) is 35.9 Å². The summed E-state index contributed by atoms with van der Waals surface area (Å²) in [5.41, 5.74) is 0.965. The Morgan fingerprint density at radius 2 is 2.00 bits per heavy atom. The Balaban J connectivity index is 1.83. The van der Waals surface area contributed by atoms with Crippen molar-refractivity contribution in [1.82, 2.24) is 5.32 Å². The summed E-state index contributed by atoms with van der Waals surface area (Å²) in [5.74, 6) is 0. The molecule has 2 N–H and O–H groups in total. The Bertz CT molecular complexity index is 345. The topological polar surface area (TPSA) is 32.3 Å². The van der Waals surface area contributed by atoms with Gasteiger partial charge >= 0.3 is 0 Å². The molecule has 100 valence electrons. The molecule has 0 aliphatic heterocycles. The maximum Gasteiger partial charge on any atom is 0.0771 e. The second-order valence-corrected chi connectivity index (χ2v) is 5.63. The van der Waals surface area contributed by atoms with E-state index in [-0.39, 0.29) is 0 Å². The summed E-state index contributed by atoms with van der Waals surface area (Å²) in [6.07, 6.45) is 6.52. The highest BCUT2D eigenvalue weighted by atomic mass is 16.3. The average molecular weight is 247 g/mol. The fraction of sp³-hybridized carbons (Fsp3) is 0.625. The summed E-state index contributed by atoms with van der Waals surface area (Å²) in [6, 6.07) is 11.1. The van der Waals surface area contributed by atoms with E-state index in [1.54, 1.807) is 0 Å². The summed E-state index contributed by atoms with van der Waals surface area (Å²) in [6.45, 7) is 2.97. The summed E-state index contributed by atoms with van der Waals surface area (Å²) < 4.78 is 0. The molecule has 1 aliphatic carbocycles. The number of benzene rings is 1. The Morgan fingerprint density at radius 1 is 1.28 bits per heavy atom. The van der Waals surface area contributed by atoms with Gasteiger partial charge in [0.2, 0.25) is 0 Å². The van der Waals surface area contributed by atoms with Gasteiger partial charge in [0.15, 0.2) is 0 Å². The van der Waals surface area contributed by atoms with Gasteiger partial charge in [-0.05, 0) is 37.7 Å². The number of aliphatic hydroxyl groups is 1. The van der Waals surface area contributed by atoms with Gasteiger partial charge in [0.1, 0.15) is 0 Å². The van der Waals surface area contributed by atoms with Gasteiger partial charge in [0.05, 0.1) is 5.60 Å². The third-order valence-corrected chi connectivity index (χ3v) is 3.97. The van der Waals surface area contributed by atoms with Crippen LogP contribution in [0.2, 0.25) is 0 Å². The number of nitrogens with one attached hydrogen (secondary N) is 1. The van der Waals surface area contributed by atoms with Crippen LogP contribution in [0.4, 0.5) is 0 Å². The summed E-state index contributed by atoms with van der Waals surface area (Å²) >= 11 is 0. The highest BCUT2D eigenvalue weighted by Gasteiger charge is 2.34. The average Bonchev–Trinajstić information content (AvgIpc) is 2.35. The van der Waals surface area contributed by atoms with Crippen molar-refractivity contribution in [3.8, 4) is 0 Å². The van der Waals surface area contributed by atoms with Gasteiger partial charge in [-0.15, -0.1) is 0 Å².